The van der Waals surface area contributed by atoms with Crippen LogP contribution in [0.3, 0.4) is 0 Å². The van der Waals surface area contributed by atoms with E-state index < -0.39 is 12.0 Å². The molecule has 0 N–H and O–H groups in total. The lowest BCUT2D eigenvalue weighted by atomic mass is 10.6. The summed E-state index contributed by atoms with van der Waals surface area (Å²) < 4.78 is 44.3. The van der Waals surface area contributed by atoms with Crippen LogP contribution in [0.15, 0.2) is 10.8 Å². The maximum Gasteiger partial charge on any atom is 0.443 e. The smallest absolute Gasteiger partial charge is 0.201 e. The number of alkyl halides is 3. The number of hydrogen-bond donors (Lipinski definition) is 0. The number of halogens is 5. The molecule has 0 fully saturated rings. The fourth-order valence-corrected chi connectivity index (χ4v) is 0.321. The Hall–Kier alpha value is -0.0600. The predicted octanol–water partition coefficient (Wildman–Crippen LogP) is 2.75. The molecule has 0 aromatic carbocycles. The maximum absolute atomic E-state index is 11.3. The second-order valence-electron chi connectivity index (χ2n) is 0.955. The Bertz CT molecular complexity index is 102. The molecule has 0 aromatic rings. The summed E-state index contributed by atoms with van der Waals surface area (Å²) in [7, 11) is 0. The van der Waals surface area contributed by atoms with Crippen LogP contribution >= 0.6 is 15.9 Å². The van der Waals surface area contributed by atoms with E-state index in [2.05, 4.69) is 15.9 Å². The summed E-state index contributed by atoms with van der Waals surface area (Å²) in [5.74, 6) is -2.13. The number of rotatable bonds is 0. The largest absolute Gasteiger partial charge is 0.443 e. The molecule has 0 aliphatic carbocycles. The second kappa shape index (κ2) is 2.48. The quantitative estimate of drug-likeness (QED) is 0.518. The molecule has 0 aromatic heterocycles. The molecule has 0 saturated carbocycles. The van der Waals surface area contributed by atoms with Crippen LogP contribution in [0.25, 0.3) is 0 Å². The summed E-state index contributed by atoms with van der Waals surface area (Å²) >= 11 is 2.19. The average Bonchev–Trinajstić information content (AvgIpc) is 1.62. The Morgan fingerprint density at radius 2 is 1.75 bits per heavy atom. The van der Waals surface area contributed by atoms with Crippen molar-refractivity contribution in [2.75, 3.05) is 0 Å². The minimum absolute atomic E-state index is 0.188. The lowest BCUT2D eigenvalue weighted by molar-refractivity contribution is -0.108. The average molecular weight is 193 g/mol. The third-order valence-corrected chi connectivity index (χ3v) is 0.769. The van der Waals surface area contributed by atoms with Crippen molar-refractivity contribution in [3.05, 3.63) is 10.8 Å². The number of hydrogen-bond acceptors (Lipinski definition) is 0. The molecule has 0 atom stereocenters. The molecule has 0 saturated heterocycles. The zero-order chi connectivity index (χ0) is 6.78. The van der Waals surface area contributed by atoms with Crippen LogP contribution in [-0.4, -0.2) is 6.18 Å². The van der Waals surface area contributed by atoms with Crippen molar-refractivity contribution in [3.63, 3.8) is 0 Å². The minimum atomic E-state index is -4.84. The molecule has 5 heteroatoms. The highest BCUT2D eigenvalue weighted by Crippen LogP contribution is 2.26. The second-order valence-corrected chi connectivity index (χ2v) is 1.41. The monoisotopic (exact) mass is 192 g/mol. The van der Waals surface area contributed by atoms with Crippen LogP contribution in [0.2, 0.25) is 0 Å². The molecule has 0 unspecified atom stereocenters. The molecular weight excluding hydrogens is 192 g/mol. The van der Waals surface area contributed by atoms with E-state index in [9.17, 15) is 17.6 Å². The molecular formula is C3HBrF4. The molecule has 0 bridgehead atoms. The van der Waals surface area contributed by atoms with E-state index in [1.54, 1.807) is 0 Å². The molecule has 0 aliphatic heterocycles. The van der Waals surface area contributed by atoms with E-state index >= 15 is 0 Å². The summed E-state index contributed by atoms with van der Waals surface area (Å²) in [6.07, 6.45) is -4.84. The molecule has 0 amide bonds. The van der Waals surface area contributed by atoms with E-state index in [1.165, 1.54) is 0 Å². The summed E-state index contributed by atoms with van der Waals surface area (Å²) in [5, 5.41) is 0. The van der Waals surface area contributed by atoms with E-state index in [1.807, 2.05) is 0 Å². The van der Waals surface area contributed by atoms with Gasteiger partial charge in [-0.1, -0.05) is 15.9 Å². The lowest BCUT2D eigenvalue weighted by Gasteiger charge is -1.98. The SMILES string of the molecule is FC(=CBr)C(F)(F)F. The third-order valence-electron chi connectivity index (χ3n) is 0.367. The zero-order valence-corrected chi connectivity index (χ0v) is 5.05. The Morgan fingerprint density at radius 1 is 1.38 bits per heavy atom. The summed E-state index contributed by atoms with van der Waals surface area (Å²) in [4.78, 5) is 0.188. The van der Waals surface area contributed by atoms with Gasteiger partial charge in [0.1, 0.15) is 0 Å². The van der Waals surface area contributed by atoms with Gasteiger partial charge >= 0.3 is 6.18 Å². The first-order valence-corrected chi connectivity index (χ1v) is 2.43. The Labute approximate surface area is 51.3 Å². The van der Waals surface area contributed by atoms with Gasteiger partial charge in [0.25, 0.3) is 0 Å². The zero-order valence-electron chi connectivity index (χ0n) is 3.47. The normalized spacial score (nSPS) is 14.4. The molecule has 0 radical (unpaired) electrons. The summed E-state index contributed by atoms with van der Waals surface area (Å²) in [5.41, 5.74) is 0. The van der Waals surface area contributed by atoms with Crippen LogP contribution in [0.4, 0.5) is 17.6 Å². The highest BCUT2D eigenvalue weighted by molar-refractivity contribution is 9.11. The van der Waals surface area contributed by atoms with Gasteiger partial charge in [0.15, 0.2) is 0 Å². The standard InChI is InChI=1S/C3HBrF4/c4-1-2(5)3(6,7)8/h1H. The van der Waals surface area contributed by atoms with Crippen molar-refractivity contribution >= 4 is 15.9 Å². The van der Waals surface area contributed by atoms with Crippen molar-refractivity contribution in [1.82, 2.24) is 0 Å². The van der Waals surface area contributed by atoms with Gasteiger partial charge in [-0.25, -0.2) is 4.39 Å². The topological polar surface area (TPSA) is 0 Å². The van der Waals surface area contributed by atoms with E-state index in [4.69, 9.17) is 0 Å². The van der Waals surface area contributed by atoms with Gasteiger partial charge < -0.3 is 0 Å². The predicted molar refractivity (Wildman–Crippen MR) is 24.2 cm³/mol. The summed E-state index contributed by atoms with van der Waals surface area (Å²) in [6, 6.07) is 0. The maximum atomic E-state index is 11.3. The molecule has 8 heavy (non-hydrogen) atoms. The lowest BCUT2D eigenvalue weighted by Crippen LogP contribution is -2.06. The van der Waals surface area contributed by atoms with Crippen LogP contribution in [-0.2, 0) is 0 Å². The fraction of sp³-hybridized carbons (Fsp3) is 0.333. The van der Waals surface area contributed by atoms with Crippen molar-refractivity contribution < 1.29 is 17.6 Å². The van der Waals surface area contributed by atoms with Gasteiger partial charge in [-0.3, -0.25) is 0 Å². The van der Waals surface area contributed by atoms with Crippen molar-refractivity contribution in [2.24, 2.45) is 0 Å². The summed E-state index contributed by atoms with van der Waals surface area (Å²) in [6.45, 7) is 0. The molecule has 0 spiro atoms. The van der Waals surface area contributed by atoms with Gasteiger partial charge in [0.05, 0.1) is 0 Å². The molecule has 0 rings (SSSR count). The highest BCUT2D eigenvalue weighted by Gasteiger charge is 2.33. The first kappa shape index (κ1) is 7.94. The Kier molecular flexibility index (Phi) is 2.46. The van der Waals surface area contributed by atoms with Gasteiger partial charge in [0, 0.05) is 4.99 Å². The number of allylic oxidation sites excluding steroid dienone is 1. The minimum Gasteiger partial charge on any atom is -0.201 e. The van der Waals surface area contributed by atoms with Crippen LogP contribution in [0, 0.1) is 0 Å². The fourth-order valence-electron chi connectivity index (χ4n) is 0.0619. The van der Waals surface area contributed by atoms with Crippen LogP contribution in [0.5, 0.6) is 0 Å². The van der Waals surface area contributed by atoms with E-state index in [0.717, 1.165) is 0 Å². The molecule has 0 aliphatic rings. The third kappa shape index (κ3) is 2.30. The molecule has 48 valence electrons. The van der Waals surface area contributed by atoms with Gasteiger partial charge in [-0.2, -0.15) is 13.2 Å². The molecule has 0 nitrogen and oxygen atoms in total. The van der Waals surface area contributed by atoms with Crippen LogP contribution in [0.1, 0.15) is 0 Å². The van der Waals surface area contributed by atoms with Gasteiger partial charge in [0.2, 0.25) is 5.83 Å². The van der Waals surface area contributed by atoms with E-state index in [-0.39, 0.29) is 4.99 Å². The van der Waals surface area contributed by atoms with Crippen molar-refractivity contribution in [2.45, 2.75) is 6.18 Å². The molecule has 0 heterocycles. The van der Waals surface area contributed by atoms with Gasteiger partial charge in [-0.05, 0) is 0 Å². The first-order chi connectivity index (χ1) is 3.48. The van der Waals surface area contributed by atoms with Crippen LogP contribution < -0.4 is 0 Å². The first-order valence-electron chi connectivity index (χ1n) is 1.51. The van der Waals surface area contributed by atoms with E-state index in [0.29, 0.717) is 0 Å². The Balaban J connectivity index is 4.03. The van der Waals surface area contributed by atoms with Gasteiger partial charge in [-0.15, -0.1) is 0 Å². The van der Waals surface area contributed by atoms with Crippen molar-refractivity contribution in [3.8, 4) is 0 Å². The highest BCUT2D eigenvalue weighted by atomic mass is 79.9. The Morgan fingerprint density at radius 3 is 1.75 bits per heavy atom. The van der Waals surface area contributed by atoms with Crippen molar-refractivity contribution in [1.29, 1.82) is 0 Å².